The van der Waals surface area contributed by atoms with Crippen molar-refractivity contribution in [2.45, 2.75) is 20.4 Å². The first-order chi connectivity index (χ1) is 11.3. The van der Waals surface area contributed by atoms with E-state index in [1.807, 2.05) is 49.1 Å². The molecule has 0 radical (unpaired) electrons. The zero-order valence-corrected chi connectivity index (χ0v) is 14.5. The molecule has 2 bridgehead atoms. The molecule has 2 aliphatic rings. The van der Waals surface area contributed by atoms with E-state index in [-0.39, 0.29) is 11.5 Å². The maximum absolute atomic E-state index is 12.7. The summed E-state index contributed by atoms with van der Waals surface area (Å²) in [5.74, 6) is -0.399. The molecule has 122 valence electrons. The lowest BCUT2D eigenvalue weighted by molar-refractivity contribution is -0.148. The van der Waals surface area contributed by atoms with Crippen LogP contribution in [0.3, 0.4) is 0 Å². The van der Waals surface area contributed by atoms with Crippen LogP contribution >= 0.6 is 12.2 Å². The number of nitrogens with zero attached hydrogens (tertiary/aromatic N) is 3. The molecule has 0 aromatic heterocycles. The average molecular weight is 338 g/mol. The molecule has 3 rings (SSSR count). The number of likely N-dealkylation sites (tertiary alicyclic amines) is 1. The number of nitrogens with one attached hydrogen (secondary N) is 1. The molecule has 1 amide bonds. The normalized spacial score (nSPS) is 31.7. The molecule has 24 heavy (non-hydrogen) atoms. The molecule has 0 spiro atoms. The van der Waals surface area contributed by atoms with Crippen molar-refractivity contribution in [1.82, 2.24) is 10.2 Å². The van der Waals surface area contributed by atoms with E-state index in [4.69, 9.17) is 12.2 Å². The maximum Gasteiger partial charge on any atom is 0.247 e. The summed E-state index contributed by atoms with van der Waals surface area (Å²) in [6, 6.07) is 14.4. The van der Waals surface area contributed by atoms with Gasteiger partial charge in [-0.05, 0) is 5.56 Å². The fourth-order valence-corrected chi connectivity index (χ4v) is 4.38. The van der Waals surface area contributed by atoms with Gasteiger partial charge < -0.3 is 5.32 Å². The van der Waals surface area contributed by atoms with Crippen molar-refractivity contribution in [1.29, 1.82) is 10.5 Å². The molecule has 2 atom stereocenters. The topological polar surface area (TPSA) is 79.9 Å². The van der Waals surface area contributed by atoms with Crippen molar-refractivity contribution in [3.8, 4) is 12.1 Å². The molecular weight excluding hydrogens is 320 g/mol. The van der Waals surface area contributed by atoms with Gasteiger partial charge in [-0.15, -0.1) is 0 Å². The van der Waals surface area contributed by atoms with Crippen molar-refractivity contribution in [3.05, 3.63) is 35.9 Å². The Morgan fingerprint density at radius 3 is 2.33 bits per heavy atom. The molecular formula is C18H18N4OS. The number of rotatable bonds is 2. The molecule has 2 fully saturated rings. The smallest absolute Gasteiger partial charge is 0.247 e. The van der Waals surface area contributed by atoms with Crippen LogP contribution in [-0.2, 0) is 11.3 Å². The highest BCUT2D eigenvalue weighted by atomic mass is 32.1. The lowest BCUT2D eigenvalue weighted by Crippen LogP contribution is -2.75. The van der Waals surface area contributed by atoms with Crippen LogP contribution in [-0.4, -0.2) is 28.9 Å². The molecule has 6 heteroatoms. The third-order valence-corrected chi connectivity index (χ3v) is 6.14. The Morgan fingerprint density at radius 2 is 1.75 bits per heavy atom. The fourth-order valence-electron chi connectivity index (χ4n) is 3.92. The van der Waals surface area contributed by atoms with E-state index in [9.17, 15) is 15.3 Å². The maximum atomic E-state index is 12.7. The summed E-state index contributed by atoms with van der Waals surface area (Å²) in [6.07, 6.45) is 0. The number of benzene rings is 1. The second-order valence-electron chi connectivity index (χ2n) is 7.07. The van der Waals surface area contributed by atoms with Crippen LogP contribution in [0.1, 0.15) is 19.4 Å². The molecule has 1 aromatic carbocycles. The number of thiocarbonyl (C=S) groups is 1. The number of piperidine rings is 2. The Bertz CT molecular complexity index is 747. The Hall–Kier alpha value is -2.28. The first-order valence-electron chi connectivity index (χ1n) is 7.78. The standard InChI is InChI=1S/C18H18N4OS/c1-16(2)17(9-19)11-22(8-13-6-4-3-5-7-13)12-18(16,10-20)15(24)21-14(17)23/h3-7H,8,11-12H2,1-2H3,(H,21,23,24). The summed E-state index contributed by atoms with van der Waals surface area (Å²) in [7, 11) is 0. The van der Waals surface area contributed by atoms with Crippen LogP contribution in [0.4, 0.5) is 0 Å². The Kier molecular flexibility index (Phi) is 3.71. The van der Waals surface area contributed by atoms with Crippen molar-refractivity contribution in [2.75, 3.05) is 13.1 Å². The third-order valence-electron chi connectivity index (χ3n) is 5.69. The van der Waals surface area contributed by atoms with Crippen LogP contribution in [0.2, 0.25) is 0 Å². The summed E-state index contributed by atoms with van der Waals surface area (Å²) < 4.78 is 0. The summed E-state index contributed by atoms with van der Waals surface area (Å²) in [5, 5.41) is 22.5. The predicted molar refractivity (Wildman–Crippen MR) is 92.3 cm³/mol. The zero-order valence-electron chi connectivity index (χ0n) is 13.7. The fraction of sp³-hybridized carbons (Fsp3) is 0.444. The van der Waals surface area contributed by atoms with E-state index >= 15 is 0 Å². The van der Waals surface area contributed by atoms with Crippen LogP contribution in [0.15, 0.2) is 30.3 Å². The largest absolute Gasteiger partial charge is 0.318 e. The second kappa shape index (κ2) is 5.37. The SMILES string of the molecule is CC1(C)C2(C#N)CN(Cc3ccccc3)CC1(C#N)C(=S)NC2=O. The Labute approximate surface area is 146 Å². The summed E-state index contributed by atoms with van der Waals surface area (Å²) >= 11 is 5.38. The number of carbonyl (C=O) groups is 1. The molecule has 2 saturated heterocycles. The van der Waals surface area contributed by atoms with Crippen molar-refractivity contribution < 1.29 is 4.79 Å². The highest BCUT2D eigenvalue weighted by Crippen LogP contribution is 2.58. The molecule has 2 unspecified atom stereocenters. The second-order valence-corrected chi connectivity index (χ2v) is 7.48. The predicted octanol–water partition coefficient (Wildman–Crippen LogP) is 2.01. The van der Waals surface area contributed by atoms with Gasteiger partial charge in [0.1, 0.15) is 10.4 Å². The van der Waals surface area contributed by atoms with Crippen molar-refractivity contribution >= 4 is 23.1 Å². The summed E-state index contributed by atoms with van der Waals surface area (Å²) in [5.41, 5.74) is -2.17. The van der Waals surface area contributed by atoms with Gasteiger partial charge in [0.15, 0.2) is 5.41 Å². The first kappa shape index (κ1) is 16.6. The molecule has 1 aromatic rings. The molecule has 2 heterocycles. The first-order valence-corrected chi connectivity index (χ1v) is 8.18. The quantitative estimate of drug-likeness (QED) is 0.834. The number of hydrogen-bond donors (Lipinski definition) is 1. The van der Waals surface area contributed by atoms with E-state index in [2.05, 4.69) is 17.5 Å². The minimum atomic E-state index is -1.31. The van der Waals surface area contributed by atoms with Crippen LogP contribution in [0.25, 0.3) is 0 Å². The van der Waals surface area contributed by atoms with Gasteiger partial charge in [-0.2, -0.15) is 10.5 Å². The van der Waals surface area contributed by atoms with Gasteiger partial charge in [0.05, 0.1) is 12.1 Å². The van der Waals surface area contributed by atoms with Gasteiger partial charge in [-0.1, -0.05) is 56.4 Å². The molecule has 2 aliphatic heterocycles. The van der Waals surface area contributed by atoms with E-state index in [1.54, 1.807) is 0 Å². The van der Waals surface area contributed by atoms with Gasteiger partial charge in [0.2, 0.25) is 5.91 Å². The lowest BCUT2D eigenvalue weighted by atomic mass is 9.48. The van der Waals surface area contributed by atoms with Gasteiger partial charge in [-0.25, -0.2) is 0 Å². The molecule has 0 aliphatic carbocycles. The minimum Gasteiger partial charge on any atom is -0.318 e. The summed E-state index contributed by atoms with van der Waals surface area (Å²) in [4.78, 5) is 14.9. The lowest BCUT2D eigenvalue weighted by Gasteiger charge is -2.59. The number of amides is 1. The summed E-state index contributed by atoms with van der Waals surface area (Å²) in [6.45, 7) is 4.87. The van der Waals surface area contributed by atoms with Gasteiger partial charge >= 0.3 is 0 Å². The van der Waals surface area contributed by atoms with Crippen LogP contribution in [0, 0.1) is 38.9 Å². The molecule has 5 nitrogen and oxygen atoms in total. The van der Waals surface area contributed by atoms with E-state index in [0.29, 0.717) is 13.1 Å². The average Bonchev–Trinajstić information content (AvgIpc) is 2.55. The number of fused-ring (bicyclic) bond motifs is 2. The monoisotopic (exact) mass is 338 g/mol. The van der Waals surface area contributed by atoms with E-state index in [1.165, 1.54) is 0 Å². The van der Waals surface area contributed by atoms with Crippen molar-refractivity contribution in [2.24, 2.45) is 16.2 Å². The highest BCUT2D eigenvalue weighted by Gasteiger charge is 2.71. The van der Waals surface area contributed by atoms with E-state index < -0.39 is 22.2 Å². The van der Waals surface area contributed by atoms with Crippen LogP contribution in [0.5, 0.6) is 0 Å². The van der Waals surface area contributed by atoms with Crippen molar-refractivity contribution in [3.63, 3.8) is 0 Å². The van der Waals surface area contributed by atoms with Gasteiger partial charge in [-0.3, -0.25) is 9.69 Å². The van der Waals surface area contributed by atoms with E-state index in [0.717, 1.165) is 5.56 Å². The Balaban J connectivity index is 2.08. The third kappa shape index (κ3) is 1.94. The van der Waals surface area contributed by atoms with Crippen LogP contribution < -0.4 is 5.32 Å². The Morgan fingerprint density at radius 1 is 1.17 bits per heavy atom. The number of hydrogen-bond acceptors (Lipinski definition) is 5. The molecule has 1 N–H and O–H groups in total. The number of nitriles is 2. The minimum absolute atomic E-state index is 0.226. The highest BCUT2D eigenvalue weighted by molar-refractivity contribution is 7.80. The zero-order chi connectivity index (χ0) is 17.6. The van der Waals surface area contributed by atoms with Gasteiger partial charge in [0.25, 0.3) is 0 Å². The number of carbonyl (C=O) groups excluding carboxylic acids is 1. The van der Waals surface area contributed by atoms with Gasteiger partial charge in [0, 0.05) is 25.0 Å². The molecule has 0 saturated carbocycles.